The number of halogens is 3. The minimum Gasteiger partial charge on any atom is -0.351 e. The zero-order chi connectivity index (χ0) is 27.0. The maximum atomic E-state index is 14.7. The molecule has 3 aromatic heterocycles. The van der Waals surface area contributed by atoms with Gasteiger partial charge in [0.15, 0.2) is 11.6 Å². The second-order valence-corrected chi connectivity index (χ2v) is 12.5. The van der Waals surface area contributed by atoms with Gasteiger partial charge in [0.2, 0.25) is 0 Å². The van der Waals surface area contributed by atoms with E-state index in [1.165, 1.54) is 24.8 Å². The van der Waals surface area contributed by atoms with Crippen LogP contribution in [0.5, 0.6) is 0 Å². The van der Waals surface area contributed by atoms with Crippen molar-refractivity contribution in [2.45, 2.75) is 31.9 Å². The van der Waals surface area contributed by atoms with Crippen LogP contribution in [-0.2, 0) is 11.0 Å². The summed E-state index contributed by atoms with van der Waals surface area (Å²) in [4.78, 5) is 15.6. The van der Waals surface area contributed by atoms with Gasteiger partial charge in [-0.3, -0.25) is 0 Å². The molecule has 1 aromatic carbocycles. The smallest absolute Gasteiger partial charge is 0.156 e. The van der Waals surface area contributed by atoms with Gasteiger partial charge in [0, 0.05) is 53.3 Å². The predicted octanol–water partition coefficient (Wildman–Crippen LogP) is 5.15. The van der Waals surface area contributed by atoms with Gasteiger partial charge in [-0.2, -0.15) is 9.50 Å². The van der Waals surface area contributed by atoms with Crippen LogP contribution >= 0.6 is 15.9 Å². The Morgan fingerprint density at radius 3 is 2.55 bits per heavy atom. The average Bonchev–Trinajstić information content (AvgIpc) is 3.27. The predicted molar refractivity (Wildman–Crippen MR) is 147 cm³/mol. The van der Waals surface area contributed by atoms with E-state index in [1.54, 1.807) is 25.3 Å². The molecule has 38 heavy (non-hydrogen) atoms. The van der Waals surface area contributed by atoms with Crippen LogP contribution in [0, 0.1) is 11.6 Å². The molecule has 0 aliphatic carbocycles. The lowest BCUT2D eigenvalue weighted by Gasteiger charge is -2.27. The Hall–Kier alpha value is -3.38. The summed E-state index contributed by atoms with van der Waals surface area (Å²) in [5.41, 5.74) is 2.40. The van der Waals surface area contributed by atoms with Crippen molar-refractivity contribution in [1.29, 1.82) is 0 Å². The Morgan fingerprint density at radius 1 is 1.13 bits per heavy atom. The summed E-state index contributed by atoms with van der Waals surface area (Å²) in [6.45, 7) is 6.64. The zero-order valence-electron chi connectivity index (χ0n) is 20.9. The number of hydrogen-bond donors (Lipinski definition) is 0. The minimum atomic E-state index is -1.68. The van der Waals surface area contributed by atoms with Crippen molar-refractivity contribution in [2.75, 3.05) is 18.0 Å². The Kier molecular flexibility index (Phi) is 7.19. The van der Waals surface area contributed by atoms with Crippen molar-refractivity contribution in [3.63, 3.8) is 0 Å². The Balaban J connectivity index is 1.42. The van der Waals surface area contributed by atoms with E-state index >= 15 is 0 Å². The molecule has 1 atom stereocenters. The number of rotatable bonds is 5. The van der Waals surface area contributed by atoms with Gasteiger partial charge in [-0.05, 0) is 66.9 Å². The molecule has 1 aliphatic rings. The number of fused-ring (bicyclic) bond motifs is 1. The van der Waals surface area contributed by atoms with Crippen LogP contribution in [0.25, 0.3) is 11.1 Å². The summed E-state index contributed by atoms with van der Waals surface area (Å²) < 4.78 is 47.4. The third-order valence-corrected chi connectivity index (χ3v) is 7.79. The molecule has 0 bridgehead atoms. The molecule has 5 rings (SSSR count). The van der Waals surface area contributed by atoms with Crippen LogP contribution < -0.4 is 4.90 Å². The Morgan fingerprint density at radius 2 is 1.89 bits per heavy atom. The van der Waals surface area contributed by atoms with Gasteiger partial charge in [-0.25, -0.2) is 32.5 Å². The molecule has 12 heteroatoms. The number of benzene rings is 1. The fourth-order valence-corrected chi connectivity index (χ4v) is 5.02. The van der Waals surface area contributed by atoms with E-state index < -0.39 is 27.4 Å². The van der Waals surface area contributed by atoms with E-state index in [9.17, 15) is 13.0 Å². The second kappa shape index (κ2) is 10.4. The molecule has 4 aromatic rings. The quantitative estimate of drug-likeness (QED) is 0.295. The molecule has 8 nitrogen and oxygen atoms in total. The highest BCUT2D eigenvalue weighted by Gasteiger charge is 2.23. The van der Waals surface area contributed by atoms with Crippen LogP contribution in [-0.4, -0.2) is 52.3 Å². The van der Waals surface area contributed by atoms with Crippen LogP contribution in [0.2, 0.25) is 0 Å². The van der Waals surface area contributed by atoms with Gasteiger partial charge in [-0.15, -0.1) is 0 Å². The topological polar surface area (TPSA) is 88.6 Å². The van der Waals surface area contributed by atoms with Gasteiger partial charge in [0.25, 0.3) is 0 Å². The summed E-state index contributed by atoms with van der Waals surface area (Å²) in [5, 5.41) is 4.25. The van der Waals surface area contributed by atoms with E-state index in [1.807, 2.05) is 12.3 Å². The molecule has 0 radical (unpaired) electrons. The van der Waals surface area contributed by atoms with Gasteiger partial charge < -0.3 is 4.90 Å². The van der Waals surface area contributed by atoms with E-state index in [0.717, 1.165) is 33.5 Å². The molecule has 0 N–H and O–H groups in total. The average molecular weight is 600 g/mol. The van der Waals surface area contributed by atoms with E-state index in [4.69, 9.17) is 0 Å². The number of anilines is 1. The summed E-state index contributed by atoms with van der Waals surface area (Å²) in [5.74, 6) is -0.129. The number of nitrogens with zero attached hydrogens (tertiary/aromatic N) is 7. The Labute approximate surface area is 229 Å². The standard InChI is InChI=1S/C26H24BrF2N7OS/c1-26(2,3)38(37)34-23(20-5-4-19(28)11-21(20)29)17-12-30-24(31-13-17)16-6-8-35(9-7-16)25-22-10-18(27)14-36(22)33-15-32-25/h4-6,10-15H,7-9H2,1-3H3/t38-/m1/s1. The summed E-state index contributed by atoms with van der Waals surface area (Å²) in [6, 6.07) is 5.17. The lowest BCUT2D eigenvalue weighted by molar-refractivity contribution is 0.582. The lowest BCUT2D eigenvalue weighted by atomic mass is 10.0. The van der Waals surface area contributed by atoms with E-state index in [-0.39, 0.29) is 11.3 Å². The molecular weight excluding hydrogens is 576 g/mol. The highest BCUT2D eigenvalue weighted by atomic mass is 79.9. The first kappa shape index (κ1) is 26.2. The molecule has 0 saturated heterocycles. The van der Waals surface area contributed by atoms with Gasteiger partial charge in [0.1, 0.15) is 34.5 Å². The molecule has 0 fully saturated rings. The summed E-state index contributed by atoms with van der Waals surface area (Å²) in [6.07, 6.45) is 9.23. The fraction of sp³-hybridized carbons (Fsp3) is 0.269. The molecule has 196 valence electrons. The normalized spacial score (nSPS) is 15.6. The molecule has 0 saturated carbocycles. The van der Waals surface area contributed by atoms with Crippen molar-refractivity contribution in [3.8, 4) is 0 Å². The first-order valence-corrected chi connectivity index (χ1v) is 13.7. The molecule has 0 spiro atoms. The van der Waals surface area contributed by atoms with Gasteiger partial charge in [0.05, 0.1) is 10.5 Å². The SMILES string of the molecule is CC(C)(C)[S@@](=O)N=C(c1cnc(C2=CCN(c3ncnn4cc(Br)cc34)CC2)nc1)c1ccc(F)cc1F. The van der Waals surface area contributed by atoms with Crippen LogP contribution in [0.15, 0.2) is 64.1 Å². The third-order valence-electron chi connectivity index (χ3n) is 5.96. The lowest BCUT2D eigenvalue weighted by Crippen LogP contribution is -2.29. The summed E-state index contributed by atoms with van der Waals surface area (Å²) >= 11 is 3.48. The first-order valence-electron chi connectivity index (χ1n) is 11.8. The van der Waals surface area contributed by atoms with Crippen molar-refractivity contribution in [1.82, 2.24) is 24.6 Å². The molecule has 0 amide bonds. The van der Waals surface area contributed by atoms with Crippen LogP contribution in [0.4, 0.5) is 14.6 Å². The van der Waals surface area contributed by atoms with Gasteiger partial charge in [-0.1, -0.05) is 6.08 Å². The third kappa shape index (κ3) is 5.41. The number of aromatic nitrogens is 5. The maximum Gasteiger partial charge on any atom is 0.156 e. The monoisotopic (exact) mass is 599 g/mol. The van der Waals surface area contributed by atoms with E-state index in [0.29, 0.717) is 30.9 Å². The molecule has 4 heterocycles. The highest BCUT2D eigenvalue weighted by molar-refractivity contribution is 9.10. The van der Waals surface area contributed by atoms with Crippen molar-refractivity contribution >= 4 is 49.5 Å². The first-order chi connectivity index (χ1) is 18.1. The maximum absolute atomic E-state index is 14.7. The van der Waals surface area contributed by atoms with Gasteiger partial charge >= 0.3 is 0 Å². The largest absolute Gasteiger partial charge is 0.351 e. The highest BCUT2D eigenvalue weighted by Crippen LogP contribution is 2.27. The number of hydrogen-bond acceptors (Lipinski definition) is 6. The summed E-state index contributed by atoms with van der Waals surface area (Å²) in [7, 11) is -1.68. The fourth-order valence-electron chi connectivity index (χ4n) is 3.97. The molecule has 0 unspecified atom stereocenters. The van der Waals surface area contributed by atoms with E-state index in [2.05, 4.69) is 51.4 Å². The Bertz CT molecular complexity index is 1600. The van der Waals surface area contributed by atoms with Crippen molar-refractivity contribution in [3.05, 3.63) is 88.3 Å². The van der Waals surface area contributed by atoms with Crippen molar-refractivity contribution < 1.29 is 13.0 Å². The molecular formula is C26H24BrF2N7OS. The second-order valence-electron chi connectivity index (χ2n) is 9.72. The van der Waals surface area contributed by atoms with Crippen LogP contribution in [0.3, 0.4) is 0 Å². The van der Waals surface area contributed by atoms with Crippen LogP contribution in [0.1, 0.15) is 44.1 Å². The van der Waals surface area contributed by atoms with Crippen molar-refractivity contribution in [2.24, 2.45) is 4.40 Å². The molecule has 1 aliphatic heterocycles. The minimum absolute atomic E-state index is 0.0288. The zero-order valence-corrected chi connectivity index (χ0v) is 23.3.